The molecule has 0 fully saturated rings. The largest absolute Gasteiger partial charge is 0.366 e. The smallest absolute Gasteiger partial charge is 0.0200 e. The second-order valence-corrected chi connectivity index (χ2v) is 12.4. The molecule has 0 nitrogen and oxygen atoms in total. The Morgan fingerprint density at radius 1 is 0.513 bits per heavy atom. The average molecular weight is 526 g/mol. The van der Waals surface area contributed by atoms with E-state index in [1.54, 1.807) is 5.56 Å². The first-order chi connectivity index (χ1) is 19.3. The maximum absolute atomic E-state index is 7.82. The number of hydrogen-bond donors (Lipinski definition) is 0. The Labute approximate surface area is 242 Å². The van der Waals surface area contributed by atoms with Gasteiger partial charge in [-0.15, -0.1) is 17.7 Å². The molecule has 0 radical (unpaired) electrons. The Kier molecular flexibility index (Phi) is 14.8. The highest BCUT2D eigenvalue weighted by Crippen LogP contribution is 2.54. The molecule has 2 aromatic carbocycles. The number of fused-ring (bicyclic) bond motifs is 3. The van der Waals surface area contributed by atoms with Crippen LogP contribution in [0.15, 0.2) is 42.5 Å². The monoisotopic (exact) mass is 525 g/mol. The van der Waals surface area contributed by atoms with Gasteiger partial charge in [0.2, 0.25) is 0 Å². The van der Waals surface area contributed by atoms with Crippen LogP contribution in [0.2, 0.25) is 0 Å². The molecule has 3 rings (SSSR count). The molecule has 0 spiro atoms. The molecular weight excluding hydrogens is 468 g/mol. The van der Waals surface area contributed by atoms with Gasteiger partial charge in [0.25, 0.3) is 0 Å². The van der Waals surface area contributed by atoms with Crippen molar-refractivity contribution in [1.82, 2.24) is 0 Å². The minimum absolute atomic E-state index is 0.110. The number of rotatable bonds is 22. The quantitative estimate of drug-likeness (QED) is 0.0814. The van der Waals surface area contributed by atoms with Crippen LogP contribution < -0.4 is 0 Å². The van der Waals surface area contributed by atoms with Crippen molar-refractivity contribution in [2.75, 3.05) is 0 Å². The summed E-state index contributed by atoms with van der Waals surface area (Å²) < 4.78 is 0. The van der Waals surface area contributed by atoms with Gasteiger partial charge in [-0.1, -0.05) is 173 Å². The van der Waals surface area contributed by atoms with E-state index in [0.29, 0.717) is 0 Å². The van der Waals surface area contributed by atoms with Crippen LogP contribution in [0.4, 0.5) is 0 Å². The van der Waals surface area contributed by atoms with Crippen LogP contribution >= 0.6 is 0 Å². The van der Waals surface area contributed by atoms with E-state index in [-0.39, 0.29) is 5.41 Å². The summed E-state index contributed by atoms with van der Waals surface area (Å²) in [7, 11) is 0. The van der Waals surface area contributed by atoms with Gasteiger partial charge in [-0.05, 0) is 35.1 Å². The number of benzene rings is 2. The molecule has 0 unspecified atom stereocenters. The highest BCUT2D eigenvalue weighted by atomic mass is 14.4. The zero-order valence-corrected chi connectivity index (χ0v) is 25.6. The highest BCUT2D eigenvalue weighted by Gasteiger charge is 2.41. The molecule has 1 aliphatic carbocycles. The number of unbranched alkanes of at least 4 members (excludes halogenated alkanes) is 18. The third-order valence-corrected chi connectivity index (χ3v) is 9.33. The lowest BCUT2D eigenvalue weighted by Crippen LogP contribution is -2.25. The van der Waals surface area contributed by atoms with E-state index in [0.717, 1.165) is 5.56 Å². The standard InChI is InChI=1S/C39H57/c1-4-7-9-11-13-15-17-19-21-25-31-39(32-26-22-20-18-16-14-12-10-8-5-2)37-28-24-23-27-35(37)36-30-29-34(6-3)33-38(36)39/h23-24,27-30,33H,4-5,7-22,25-26,31-32H2,1-2H3/q-1. The Morgan fingerprint density at radius 2 is 0.949 bits per heavy atom. The fraction of sp³-hybridized carbons (Fsp3) is 0.641. The molecule has 0 atom stereocenters. The molecule has 0 aromatic heterocycles. The first-order valence-electron chi connectivity index (χ1n) is 16.9. The van der Waals surface area contributed by atoms with Crippen LogP contribution in [0.1, 0.15) is 172 Å². The fourth-order valence-corrected chi connectivity index (χ4v) is 7.03. The van der Waals surface area contributed by atoms with E-state index in [2.05, 4.69) is 62.2 Å². The second-order valence-electron chi connectivity index (χ2n) is 12.4. The zero-order valence-electron chi connectivity index (χ0n) is 25.6. The zero-order chi connectivity index (χ0) is 27.6. The summed E-state index contributed by atoms with van der Waals surface area (Å²) in [6.45, 7) is 4.60. The molecule has 0 heterocycles. The minimum Gasteiger partial charge on any atom is -0.366 e. The summed E-state index contributed by atoms with van der Waals surface area (Å²) in [6, 6.07) is 15.9. The topological polar surface area (TPSA) is 0 Å². The van der Waals surface area contributed by atoms with Crippen LogP contribution in [0, 0.1) is 12.3 Å². The maximum atomic E-state index is 7.82. The van der Waals surface area contributed by atoms with Gasteiger partial charge in [0.05, 0.1) is 0 Å². The summed E-state index contributed by atoms with van der Waals surface area (Å²) in [5.74, 6) is 2.69. The van der Waals surface area contributed by atoms with Gasteiger partial charge in [-0.2, -0.15) is 0 Å². The first kappa shape index (κ1) is 31.5. The van der Waals surface area contributed by atoms with E-state index < -0.39 is 0 Å². The normalized spacial score (nSPS) is 13.3. The van der Waals surface area contributed by atoms with Crippen molar-refractivity contribution in [1.29, 1.82) is 0 Å². The first-order valence-corrected chi connectivity index (χ1v) is 16.9. The lowest BCUT2D eigenvalue weighted by molar-refractivity contribution is 0.397. The van der Waals surface area contributed by atoms with E-state index in [1.807, 2.05) is 0 Å². The van der Waals surface area contributed by atoms with Crippen molar-refractivity contribution in [2.45, 2.75) is 161 Å². The molecule has 0 saturated heterocycles. The van der Waals surface area contributed by atoms with Crippen molar-refractivity contribution in [3.63, 3.8) is 0 Å². The molecule has 0 N–H and O–H groups in total. The summed E-state index contributed by atoms with van der Waals surface area (Å²) in [6.07, 6.45) is 38.0. The fourth-order valence-electron chi connectivity index (χ4n) is 7.03. The molecule has 1 aliphatic rings. The SMILES string of the molecule is [C-]#Cc1ccc2c(c1)C(CCCCCCCCCCCC)(CCCCCCCCCCCC)c1ccccc1-2. The Bertz CT molecular complexity index is 950. The Hall–Kier alpha value is -2.00. The van der Waals surface area contributed by atoms with E-state index >= 15 is 0 Å². The van der Waals surface area contributed by atoms with E-state index in [4.69, 9.17) is 6.42 Å². The summed E-state index contributed by atoms with van der Waals surface area (Å²) in [5, 5.41) is 0. The van der Waals surface area contributed by atoms with Crippen LogP contribution in [-0.2, 0) is 5.41 Å². The van der Waals surface area contributed by atoms with E-state index in [9.17, 15) is 0 Å². The number of hydrogen-bond acceptors (Lipinski definition) is 0. The van der Waals surface area contributed by atoms with Gasteiger partial charge in [0.15, 0.2) is 0 Å². The second kappa shape index (κ2) is 18.4. The molecule has 0 bridgehead atoms. The van der Waals surface area contributed by atoms with Crippen molar-refractivity contribution in [3.8, 4) is 17.0 Å². The summed E-state index contributed by atoms with van der Waals surface area (Å²) in [4.78, 5) is 0. The summed E-state index contributed by atoms with van der Waals surface area (Å²) >= 11 is 0. The third kappa shape index (κ3) is 9.55. The molecule has 2 aromatic rings. The minimum atomic E-state index is 0.110. The third-order valence-electron chi connectivity index (χ3n) is 9.33. The predicted octanol–water partition coefficient (Wildman–Crippen LogP) is 12.5. The van der Waals surface area contributed by atoms with Crippen molar-refractivity contribution in [3.05, 3.63) is 65.6 Å². The van der Waals surface area contributed by atoms with Gasteiger partial charge >= 0.3 is 0 Å². The van der Waals surface area contributed by atoms with Crippen molar-refractivity contribution in [2.24, 2.45) is 0 Å². The molecule has 0 amide bonds. The van der Waals surface area contributed by atoms with Crippen LogP contribution in [0.25, 0.3) is 11.1 Å². The van der Waals surface area contributed by atoms with Crippen molar-refractivity contribution >= 4 is 0 Å². The Balaban J connectivity index is 1.58. The molecule has 39 heavy (non-hydrogen) atoms. The molecule has 0 aliphatic heterocycles. The van der Waals surface area contributed by atoms with Gasteiger partial charge in [-0.25, -0.2) is 0 Å². The van der Waals surface area contributed by atoms with Crippen LogP contribution in [0.5, 0.6) is 0 Å². The predicted molar refractivity (Wildman–Crippen MR) is 172 cm³/mol. The Morgan fingerprint density at radius 3 is 1.44 bits per heavy atom. The van der Waals surface area contributed by atoms with E-state index in [1.165, 1.54) is 158 Å². The average Bonchev–Trinajstić information content (AvgIpc) is 3.24. The van der Waals surface area contributed by atoms with Gasteiger partial charge in [-0.3, -0.25) is 5.92 Å². The molecule has 0 heteroatoms. The van der Waals surface area contributed by atoms with Gasteiger partial charge in [0, 0.05) is 5.41 Å². The molecule has 214 valence electrons. The molecule has 0 saturated carbocycles. The maximum Gasteiger partial charge on any atom is 0.0200 e. The van der Waals surface area contributed by atoms with Gasteiger partial charge in [0.1, 0.15) is 0 Å². The lowest BCUT2D eigenvalue weighted by Gasteiger charge is -2.33. The molecular formula is C39H57-. The lowest BCUT2D eigenvalue weighted by atomic mass is 9.70. The van der Waals surface area contributed by atoms with Crippen molar-refractivity contribution < 1.29 is 0 Å². The van der Waals surface area contributed by atoms with Crippen LogP contribution in [-0.4, -0.2) is 0 Å². The van der Waals surface area contributed by atoms with Gasteiger partial charge < -0.3 is 6.42 Å². The summed E-state index contributed by atoms with van der Waals surface area (Å²) in [5.41, 5.74) is 6.91. The van der Waals surface area contributed by atoms with Crippen LogP contribution in [0.3, 0.4) is 0 Å². The highest BCUT2D eigenvalue weighted by molar-refractivity contribution is 5.81.